The van der Waals surface area contributed by atoms with E-state index in [1.165, 1.54) is 0 Å². The van der Waals surface area contributed by atoms with Gasteiger partial charge in [-0.25, -0.2) is 0 Å². The summed E-state index contributed by atoms with van der Waals surface area (Å²) < 4.78 is 5.35. The number of ether oxygens (including phenoxy) is 1. The smallest absolute Gasteiger partial charge is 0.144 e. The number of benzene rings is 1. The van der Waals surface area contributed by atoms with Crippen molar-refractivity contribution < 1.29 is 4.74 Å². The second-order valence-corrected chi connectivity index (χ2v) is 4.12. The van der Waals surface area contributed by atoms with Crippen LogP contribution in [0.15, 0.2) is 12.1 Å². The Bertz CT molecular complexity index is 342. The summed E-state index contributed by atoms with van der Waals surface area (Å²) in [6.45, 7) is 3.88. The topological polar surface area (TPSA) is 33.3 Å². The third-order valence-electron chi connectivity index (χ3n) is 2.36. The van der Waals surface area contributed by atoms with Gasteiger partial charge in [-0.05, 0) is 44.6 Å². The van der Waals surface area contributed by atoms with E-state index in [4.69, 9.17) is 16.3 Å². The number of hydrogen-bond acceptors (Lipinski definition) is 3. The second-order valence-electron chi connectivity index (χ2n) is 3.69. The lowest BCUT2D eigenvalue weighted by molar-refractivity contribution is 0.413. The first-order valence-corrected chi connectivity index (χ1v) is 5.79. The number of hydrogen-bond donors (Lipinski definition) is 2. The van der Waals surface area contributed by atoms with Crippen molar-refractivity contribution in [1.29, 1.82) is 0 Å². The maximum absolute atomic E-state index is 6.01. The molecule has 1 rings (SSSR count). The molecular formula is C12H19ClN2O. The van der Waals surface area contributed by atoms with Gasteiger partial charge in [0.2, 0.25) is 0 Å². The number of halogens is 1. The first-order valence-electron chi connectivity index (χ1n) is 5.41. The van der Waals surface area contributed by atoms with Crippen molar-refractivity contribution in [2.24, 2.45) is 0 Å². The maximum Gasteiger partial charge on any atom is 0.144 e. The molecule has 0 aromatic heterocycles. The van der Waals surface area contributed by atoms with Gasteiger partial charge in [0, 0.05) is 11.6 Å². The van der Waals surface area contributed by atoms with Crippen LogP contribution < -0.4 is 15.4 Å². The van der Waals surface area contributed by atoms with E-state index in [-0.39, 0.29) is 0 Å². The Balaban J connectivity index is 2.69. The molecule has 0 aliphatic heterocycles. The van der Waals surface area contributed by atoms with Crippen molar-refractivity contribution in [3.8, 4) is 5.75 Å². The molecule has 0 saturated heterocycles. The quantitative estimate of drug-likeness (QED) is 0.753. The first-order chi connectivity index (χ1) is 7.69. The van der Waals surface area contributed by atoms with Crippen LogP contribution in [0, 0.1) is 6.92 Å². The number of nitrogens with one attached hydrogen (secondary N) is 2. The van der Waals surface area contributed by atoms with Gasteiger partial charge in [-0.2, -0.15) is 0 Å². The van der Waals surface area contributed by atoms with Gasteiger partial charge in [0.05, 0.1) is 12.8 Å². The molecule has 0 radical (unpaired) electrons. The molecule has 0 aliphatic rings. The highest BCUT2D eigenvalue weighted by molar-refractivity contribution is 6.31. The zero-order valence-electron chi connectivity index (χ0n) is 10.1. The first kappa shape index (κ1) is 13.1. The molecule has 0 fully saturated rings. The second kappa shape index (κ2) is 6.61. The third-order valence-corrected chi connectivity index (χ3v) is 2.58. The van der Waals surface area contributed by atoms with Crippen LogP contribution in [0.2, 0.25) is 5.02 Å². The van der Waals surface area contributed by atoms with E-state index in [1.54, 1.807) is 7.11 Å². The third kappa shape index (κ3) is 3.58. The van der Waals surface area contributed by atoms with Crippen molar-refractivity contribution in [3.05, 3.63) is 22.7 Å². The van der Waals surface area contributed by atoms with Crippen LogP contribution in [0.1, 0.15) is 12.0 Å². The molecule has 0 aliphatic carbocycles. The van der Waals surface area contributed by atoms with E-state index < -0.39 is 0 Å². The monoisotopic (exact) mass is 242 g/mol. The van der Waals surface area contributed by atoms with Gasteiger partial charge in [0.1, 0.15) is 5.75 Å². The van der Waals surface area contributed by atoms with Gasteiger partial charge < -0.3 is 15.4 Å². The summed E-state index contributed by atoms with van der Waals surface area (Å²) in [4.78, 5) is 0. The number of anilines is 1. The van der Waals surface area contributed by atoms with Gasteiger partial charge in [-0.1, -0.05) is 11.6 Å². The minimum atomic E-state index is 0.731. The van der Waals surface area contributed by atoms with Gasteiger partial charge in [-0.15, -0.1) is 0 Å². The molecule has 4 heteroatoms. The highest BCUT2D eigenvalue weighted by Gasteiger charge is 2.07. The minimum absolute atomic E-state index is 0.731. The zero-order chi connectivity index (χ0) is 12.0. The Hall–Kier alpha value is -0.930. The van der Waals surface area contributed by atoms with Crippen molar-refractivity contribution in [3.63, 3.8) is 0 Å². The maximum atomic E-state index is 6.01. The summed E-state index contributed by atoms with van der Waals surface area (Å²) in [6.07, 6.45) is 1.06. The fraction of sp³-hybridized carbons (Fsp3) is 0.500. The van der Waals surface area contributed by atoms with Crippen LogP contribution in [0.25, 0.3) is 0 Å². The van der Waals surface area contributed by atoms with Crippen LogP contribution in [0.4, 0.5) is 5.69 Å². The van der Waals surface area contributed by atoms with E-state index in [0.29, 0.717) is 0 Å². The summed E-state index contributed by atoms with van der Waals surface area (Å²) in [5.74, 6) is 0.869. The Morgan fingerprint density at radius 2 is 2.06 bits per heavy atom. The largest absolute Gasteiger partial charge is 0.494 e. The van der Waals surface area contributed by atoms with Crippen molar-refractivity contribution in [2.45, 2.75) is 13.3 Å². The molecule has 90 valence electrons. The Labute approximate surface area is 102 Å². The van der Waals surface area contributed by atoms with Gasteiger partial charge >= 0.3 is 0 Å². The highest BCUT2D eigenvalue weighted by atomic mass is 35.5. The predicted molar refractivity (Wildman–Crippen MR) is 69.8 cm³/mol. The van der Waals surface area contributed by atoms with E-state index in [2.05, 4.69) is 10.6 Å². The molecule has 1 aromatic carbocycles. The molecule has 3 nitrogen and oxygen atoms in total. The summed E-state index contributed by atoms with van der Waals surface area (Å²) in [7, 11) is 3.62. The fourth-order valence-electron chi connectivity index (χ4n) is 1.62. The average molecular weight is 243 g/mol. The number of rotatable bonds is 6. The molecular weight excluding hydrogens is 224 g/mol. The lowest BCUT2D eigenvalue weighted by atomic mass is 10.2. The molecule has 0 saturated carbocycles. The van der Waals surface area contributed by atoms with Crippen LogP contribution >= 0.6 is 11.6 Å². The lowest BCUT2D eigenvalue weighted by Crippen LogP contribution is -2.13. The van der Waals surface area contributed by atoms with E-state index in [1.807, 2.05) is 26.1 Å². The minimum Gasteiger partial charge on any atom is -0.494 e. The van der Waals surface area contributed by atoms with E-state index in [0.717, 1.165) is 41.5 Å². The van der Waals surface area contributed by atoms with Crippen LogP contribution in [-0.4, -0.2) is 27.2 Å². The normalized spacial score (nSPS) is 10.2. The summed E-state index contributed by atoms with van der Waals surface area (Å²) >= 11 is 6.01. The Morgan fingerprint density at radius 1 is 1.31 bits per heavy atom. The summed E-state index contributed by atoms with van der Waals surface area (Å²) in [6, 6.07) is 3.80. The summed E-state index contributed by atoms with van der Waals surface area (Å²) in [5.41, 5.74) is 2.01. The molecule has 0 spiro atoms. The Morgan fingerprint density at radius 3 is 2.69 bits per heavy atom. The van der Waals surface area contributed by atoms with E-state index in [9.17, 15) is 0 Å². The fourth-order valence-corrected chi connectivity index (χ4v) is 1.89. The number of aryl methyl sites for hydroxylation is 1. The van der Waals surface area contributed by atoms with Crippen molar-refractivity contribution in [1.82, 2.24) is 5.32 Å². The van der Waals surface area contributed by atoms with Crippen LogP contribution in [-0.2, 0) is 0 Å². The molecule has 0 atom stereocenters. The summed E-state index contributed by atoms with van der Waals surface area (Å²) in [5, 5.41) is 7.17. The lowest BCUT2D eigenvalue weighted by Gasteiger charge is -2.13. The molecule has 1 aromatic rings. The molecule has 0 heterocycles. The van der Waals surface area contributed by atoms with Crippen LogP contribution in [0.5, 0.6) is 5.75 Å². The van der Waals surface area contributed by atoms with Crippen LogP contribution in [0.3, 0.4) is 0 Å². The molecule has 2 N–H and O–H groups in total. The van der Waals surface area contributed by atoms with Crippen molar-refractivity contribution >= 4 is 17.3 Å². The standard InChI is InChI=1S/C12H19ClN2O/c1-9-7-10(13)8-11(12(9)16-3)15-6-4-5-14-2/h7-8,14-15H,4-6H2,1-3H3. The highest BCUT2D eigenvalue weighted by Crippen LogP contribution is 2.31. The molecule has 0 bridgehead atoms. The van der Waals surface area contributed by atoms with Crippen molar-refractivity contribution in [2.75, 3.05) is 32.6 Å². The molecule has 0 unspecified atom stereocenters. The van der Waals surface area contributed by atoms with Gasteiger partial charge in [0.15, 0.2) is 0 Å². The molecule has 0 amide bonds. The van der Waals surface area contributed by atoms with Gasteiger partial charge in [0.25, 0.3) is 0 Å². The van der Waals surface area contributed by atoms with E-state index >= 15 is 0 Å². The Kier molecular flexibility index (Phi) is 5.43. The zero-order valence-corrected chi connectivity index (χ0v) is 10.8. The van der Waals surface area contributed by atoms with Gasteiger partial charge in [-0.3, -0.25) is 0 Å². The average Bonchev–Trinajstić information content (AvgIpc) is 2.24. The number of methoxy groups -OCH3 is 1. The molecule has 16 heavy (non-hydrogen) atoms. The SMILES string of the molecule is CNCCCNc1cc(Cl)cc(C)c1OC. The predicted octanol–water partition coefficient (Wildman–Crippen LogP) is 2.68.